The Morgan fingerprint density at radius 2 is 1.87 bits per heavy atom. The molecule has 0 aromatic heterocycles. The zero-order valence-corrected chi connectivity index (χ0v) is 8.64. The summed E-state index contributed by atoms with van der Waals surface area (Å²) < 4.78 is 37.0. The summed E-state index contributed by atoms with van der Waals surface area (Å²) in [6.07, 6.45) is -3.85. The molecule has 1 aliphatic rings. The third-order valence-corrected chi connectivity index (χ3v) is 2.99. The van der Waals surface area contributed by atoms with E-state index in [-0.39, 0.29) is 24.7 Å². The topological polar surface area (TPSA) is 53.1 Å². The molecule has 1 heterocycles. The van der Waals surface area contributed by atoms with E-state index in [0.29, 0.717) is 13.1 Å². The molecule has 3 nitrogen and oxygen atoms in total. The maximum atomic E-state index is 12.3. The number of nitrogens with two attached hydrogens (primary N) is 1. The van der Waals surface area contributed by atoms with E-state index in [9.17, 15) is 13.2 Å². The third-order valence-electron chi connectivity index (χ3n) is 2.99. The highest BCUT2D eigenvalue weighted by molar-refractivity contribution is 5.82. The second-order valence-corrected chi connectivity index (χ2v) is 3.98. The van der Waals surface area contributed by atoms with Crippen LogP contribution >= 0.6 is 0 Å². The molecule has 0 saturated carbocycles. The Balaban J connectivity index is 2.46. The summed E-state index contributed by atoms with van der Waals surface area (Å²) in [7, 11) is 0. The van der Waals surface area contributed by atoms with Crippen molar-refractivity contribution in [3.63, 3.8) is 0 Å². The van der Waals surface area contributed by atoms with E-state index >= 15 is 0 Å². The van der Waals surface area contributed by atoms with Crippen molar-refractivity contribution in [1.29, 1.82) is 5.41 Å². The summed E-state index contributed by atoms with van der Waals surface area (Å²) in [5.74, 6) is -1.17. The van der Waals surface area contributed by atoms with Crippen molar-refractivity contribution in [2.45, 2.75) is 32.0 Å². The van der Waals surface area contributed by atoms with Crippen molar-refractivity contribution in [3.8, 4) is 0 Å². The monoisotopic (exact) mass is 223 g/mol. The highest BCUT2D eigenvalue weighted by Gasteiger charge is 2.41. The Labute approximate surface area is 86.9 Å². The zero-order chi connectivity index (χ0) is 11.6. The average Bonchev–Trinajstić information content (AvgIpc) is 2.15. The van der Waals surface area contributed by atoms with E-state index in [1.165, 1.54) is 0 Å². The number of amidine groups is 1. The number of hydrogen-bond donors (Lipinski definition) is 2. The molecule has 1 unspecified atom stereocenters. The van der Waals surface area contributed by atoms with Gasteiger partial charge >= 0.3 is 6.18 Å². The van der Waals surface area contributed by atoms with Crippen molar-refractivity contribution >= 4 is 5.84 Å². The van der Waals surface area contributed by atoms with E-state index < -0.39 is 12.1 Å². The normalized spacial score (nSPS) is 22.7. The molecule has 0 radical (unpaired) electrons. The lowest BCUT2D eigenvalue weighted by molar-refractivity contribution is -0.185. The quantitative estimate of drug-likeness (QED) is 0.551. The van der Waals surface area contributed by atoms with Crippen molar-refractivity contribution in [3.05, 3.63) is 0 Å². The molecule has 0 aliphatic carbocycles. The summed E-state index contributed by atoms with van der Waals surface area (Å²) in [6, 6.07) is -0.251. The molecule has 1 aliphatic heterocycles. The van der Waals surface area contributed by atoms with Gasteiger partial charge in [-0.05, 0) is 32.9 Å². The lowest BCUT2D eigenvalue weighted by Crippen LogP contribution is -2.48. The third kappa shape index (κ3) is 3.09. The fourth-order valence-corrected chi connectivity index (χ4v) is 1.81. The SMILES string of the molecule is CC(C(=N)N)N1CCC(C(F)(F)F)CC1. The molecule has 1 rings (SSSR count). The zero-order valence-electron chi connectivity index (χ0n) is 8.64. The molecular weight excluding hydrogens is 207 g/mol. The molecular formula is C9H16F3N3. The molecule has 1 atom stereocenters. The van der Waals surface area contributed by atoms with Gasteiger partial charge in [0.25, 0.3) is 0 Å². The fraction of sp³-hybridized carbons (Fsp3) is 0.889. The Bertz CT molecular complexity index is 231. The van der Waals surface area contributed by atoms with Crippen LogP contribution in [0, 0.1) is 11.3 Å². The minimum atomic E-state index is -4.08. The summed E-state index contributed by atoms with van der Waals surface area (Å²) in [5, 5.41) is 7.22. The number of likely N-dealkylation sites (tertiary alicyclic amines) is 1. The minimum absolute atomic E-state index is 0.0143. The Morgan fingerprint density at radius 1 is 1.40 bits per heavy atom. The molecule has 0 amide bonds. The maximum Gasteiger partial charge on any atom is 0.391 e. The van der Waals surface area contributed by atoms with Crippen LogP contribution in [0.5, 0.6) is 0 Å². The first-order chi connectivity index (χ1) is 6.82. The molecule has 15 heavy (non-hydrogen) atoms. The summed E-state index contributed by atoms with van der Waals surface area (Å²) >= 11 is 0. The van der Waals surface area contributed by atoms with Gasteiger partial charge in [0.1, 0.15) is 5.84 Å². The van der Waals surface area contributed by atoms with Crippen LogP contribution in [0.3, 0.4) is 0 Å². The summed E-state index contributed by atoms with van der Waals surface area (Å²) in [4.78, 5) is 1.82. The Morgan fingerprint density at radius 3 is 2.20 bits per heavy atom. The molecule has 0 aromatic rings. The number of alkyl halides is 3. The van der Waals surface area contributed by atoms with E-state index in [2.05, 4.69) is 0 Å². The molecule has 6 heteroatoms. The molecule has 3 N–H and O–H groups in total. The molecule has 88 valence electrons. The van der Waals surface area contributed by atoms with E-state index in [4.69, 9.17) is 11.1 Å². The van der Waals surface area contributed by atoms with E-state index in [1.54, 1.807) is 6.92 Å². The highest BCUT2D eigenvalue weighted by atomic mass is 19.4. The van der Waals surface area contributed by atoms with Crippen LogP contribution in [0.4, 0.5) is 13.2 Å². The molecule has 0 aromatic carbocycles. The van der Waals surface area contributed by atoms with E-state index in [1.807, 2.05) is 4.90 Å². The van der Waals surface area contributed by atoms with Crippen molar-refractivity contribution < 1.29 is 13.2 Å². The Hall–Kier alpha value is -0.780. The van der Waals surface area contributed by atoms with Gasteiger partial charge in [0, 0.05) is 0 Å². The fourth-order valence-electron chi connectivity index (χ4n) is 1.81. The lowest BCUT2D eigenvalue weighted by atomic mass is 9.95. The molecule has 1 fully saturated rings. The molecule has 0 bridgehead atoms. The smallest absolute Gasteiger partial charge is 0.386 e. The predicted molar refractivity (Wildman–Crippen MR) is 51.7 cm³/mol. The summed E-state index contributed by atoms with van der Waals surface area (Å²) in [5.41, 5.74) is 5.31. The minimum Gasteiger partial charge on any atom is -0.386 e. The van der Waals surface area contributed by atoms with Crippen LogP contribution in [-0.2, 0) is 0 Å². The van der Waals surface area contributed by atoms with Gasteiger partial charge in [0.05, 0.1) is 12.0 Å². The van der Waals surface area contributed by atoms with Crippen LogP contribution in [0.15, 0.2) is 0 Å². The lowest BCUT2D eigenvalue weighted by Gasteiger charge is -2.36. The standard InChI is InChI=1S/C9H16F3N3/c1-6(8(13)14)15-4-2-7(3-5-15)9(10,11)12/h6-7H,2-5H2,1H3,(H3,13,14). The van der Waals surface area contributed by atoms with Gasteiger partial charge in [0.15, 0.2) is 0 Å². The van der Waals surface area contributed by atoms with E-state index in [0.717, 1.165) is 0 Å². The van der Waals surface area contributed by atoms with Gasteiger partial charge in [-0.15, -0.1) is 0 Å². The van der Waals surface area contributed by atoms with Gasteiger partial charge in [-0.1, -0.05) is 0 Å². The molecule has 1 saturated heterocycles. The van der Waals surface area contributed by atoms with Gasteiger partial charge in [-0.25, -0.2) is 0 Å². The number of piperidine rings is 1. The van der Waals surface area contributed by atoms with Gasteiger partial charge in [0.2, 0.25) is 0 Å². The molecule has 0 spiro atoms. The number of nitrogens with one attached hydrogen (secondary N) is 1. The largest absolute Gasteiger partial charge is 0.391 e. The maximum absolute atomic E-state index is 12.3. The van der Waals surface area contributed by atoms with Crippen LogP contribution in [0.2, 0.25) is 0 Å². The first-order valence-electron chi connectivity index (χ1n) is 4.97. The number of hydrogen-bond acceptors (Lipinski definition) is 2. The second-order valence-electron chi connectivity index (χ2n) is 3.98. The van der Waals surface area contributed by atoms with Crippen molar-refractivity contribution in [2.24, 2.45) is 11.7 Å². The number of nitrogens with zero attached hydrogens (tertiary/aromatic N) is 1. The van der Waals surface area contributed by atoms with Gasteiger partial charge in [-0.3, -0.25) is 10.3 Å². The summed E-state index contributed by atoms with van der Waals surface area (Å²) in [6.45, 7) is 2.48. The van der Waals surface area contributed by atoms with Gasteiger partial charge in [-0.2, -0.15) is 13.2 Å². The van der Waals surface area contributed by atoms with Crippen LogP contribution in [-0.4, -0.2) is 36.0 Å². The highest BCUT2D eigenvalue weighted by Crippen LogP contribution is 2.34. The predicted octanol–water partition coefficient (Wildman–Crippen LogP) is 1.59. The first-order valence-corrected chi connectivity index (χ1v) is 4.97. The number of rotatable bonds is 2. The average molecular weight is 223 g/mol. The van der Waals surface area contributed by atoms with Gasteiger partial charge < -0.3 is 5.73 Å². The van der Waals surface area contributed by atoms with Crippen LogP contribution < -0.4 is 5.73 Å². The first kappa shape index (κ1) is 12.3. The Kier molecular flexibility index (Phi) is 3.59. The van der Waals surface area contributed by atoms with Crippen molar-refractivity contribution in [2.75, 3.05) is 13.1 Å². The van der Waals surface area contributed by atoms with Crippen molar-refractivity contribution in [1.82, 2.24) is 4.90 Å². The second kappa shape index (κ2) is 4.38. The van der Waals surface area contributed by atoms with Crippen LogP contribution in [0.25, 0.3) is 0 Å². The number of halogens is 3. The van der Waals surface area contributed by atoms with Crippen LogP contribution in [0.1, 0.15) is 19.8 Å².